The zero-order chi connectivity index (χ0) is 8.43. The van der Waals surface area contributed by atoms with Gasteiger partial charge in [-0.1, -0.05) is 13.8 Å². The van der Waals surface area contributed by atoms with Gasteiger partial charge in [0.2, 0.25) is 0 Å². The number of hydrogen-bond acceptors (Lipinski definition) is 2. The first-order valence-electron chi connectivity index (χ1n) is 3.60. The van der Waals surface area contributed by atoms with Crippen molar-refractivity contribution in [1.82, 2.24) is 9.97 Å². The molecule has 0 bridgehead atoms. The quantitative estimate of drug-likeness (QED) is 0.719. The van der Waals surface area contributed by atoms with Gasteiger partial charge in [-0.25, -0.2) is 9.97 Å². The van der Waals surface area contributed by atoms with Gasteiger partial charge in [0.1, 0.15) is 6.33 Å². The maximum absolute atomic E-state index is 4.18. The molecule has 0 aliphatic rings. The Morgan fingerprint density at radius 3 is 2.45 bits per heavy atom. The molecule has 11 heavy (non-hydrogen) atoms. The first kappa shape index (κ1) is 8.65. The van der Waals surface area contributed by atoms with E-state index in [4.69, 9.17) is 0 Å². The van der Waals surface area contributed by atoms with E-state index in [0.717, 1.165) is 15.9 Å². The van der Waals surface area contributed by atoms with E-state index in [0.29, 0.717) is 5.92 Å². The fourth-order valence-corrected chi connectivity index (χ4v) is 1.54. The second kappa shape index (κ2) is 3.30. The Morgan fingerprint density at radius 1 is 1.36 bits per heavy atom. The largest absolute Gasteiger partial charge is 0.240 e. The monoisotopic (exact) mass is 214 g/mol. The topological polar surface area (TPSA) is 25.8 Å². The lowest BCUT2D eigenvalue weighted by atomic mass is 10.1. The van der Waals surface area contributed by atoms with Crippen molar-refractivity contribution < 1.29 is 0 Å². The van der Waals surface area contributed by atoms with E-state index in [-0.39, 0.29) is 0 Å². The molecular weight excluding hydrogens is 204 g/mol. The lowest BCUT2D eigenvalue weighted by Crippen LogP contribution is -1.97. The van der Waals surface area contributed by atoms with E-state index in [2.05, 4.69) is 39.7 Å². The number of halogens is 1. The smallest absolute Gasteiger partial charge is 0.116 e. The van der Waals surface area contributed by atoms with Crippen LogP contribution < -0.4 is 0 Å². The van der Waals surface area contributed by atoms with Crippen LogP contribution in [0.15, 0.2) is 10.8 Å². The van der Waals surface area contributed by atoms with Crippen LogP contribution in [0, 0.1) is 6.92 Å². The summed E-state index contributed by atoms with van der Waals surface area (Å²) in [4.78, 5) is 8.24. The molecular formula is C8H11BrN2. The summed E-state index contributed by atoms with van der Waals surface area (Å²) in [6.45, 7) is 6.21. The Hall–Kier alpha value is -0.440. The zero-order valence-corrected chi connectivity index (χ0v) is 8.51. The molecule has 1 rings (SSSR count). The number of aryl methyl sites for hydroxylation is 1. The Morgan fingerprint density at radius 2 is 2.00 bits per heavy atom. The van der Waals surface area contributed by atoms with Crippen molar-refractivity contribution in [3.05, 3.63) is 22.2 Å². The van der Waals surface area contributed by atoms with Gasteiger partial charge >= 0.3 is 0 Å². The summed E-state index contributed by atoms with van der Waals surface area (Å²) in [5.74, 6) is 0.450. The molecule has 0 spiro atoms. The molecule has 0 unspecified atom stereocenters. The van der Waals surface area contributed by atoms with Gasteiger partial charge < -0.3 is 0 Å². The van der Waals surface area contributed by atoms with Gasteiger partial charge in [0.05, 0.1) is 15.9 Å². The van der Waals surface area contributed by atoms with Gasteiger partial charge in [-0.05, 0) is 28.8 Å². The van der Waals surface area contributed by atoms with Gasteiger partial charge in [0.25, 0.3) is 0 Å². The molecule has 1 aromatic rings. The summed E-state index contributed by atoms with van der Waals surface area (Å²) in [7, 11) is 0. The molecule has 1 aromatic heterocycles. The van der Waals surface area contributed by atoms with Crippen molar-refractivity contribution in [3.63, 3.8) is 0 Å². The summed E-state index contributed by atoms with van der Waals surface area (Å²) in [6.07, 6.45) is 1.61. The Kier molecular flexibility index (Phi) is 2.60. The highest BCUT2D eigenvalue weighted by molar-refractivity contribution is 9.10. The standard InChI is InChI=1S/C8H11BrN2/c1-5(2)8-7(9)6(3)10-4-11-8/h4-5H,1-3H3. The van der Waals surface area contributed by atoms with Crippen LogP contribution >= 0.6 is 15.9 Å². The fraction of sp³-hybridized carbons (Fsp3) is 0.500. The molecule has 0 atom stereocenters. The van der Waals surface area contributed by atoms with Gasteiger partial charge in [-0.15, -0.1) is 0 Å². The van der Waals surface area contributed by atoms with E-state index >= 15 is 0 Å². The molecule has 0 N–H and O–H groups in total. The highest BCUT2D eigenvalue weighted by Gasteiger charge is 2.07. The van der Waals surface area contributed by atoms with Crippen LogP contribution in [0.5, 0.6) is 0 Å². The molecule has 0 aliphatic heterocycles. The number of hydrogen-bond donors (Lipinski definition) is 0. The SMILES string of the molecule is Cc1ncnc(C(C)C)c1Br. The zero-order valence-electron chi connectivity index (χ0n) is 6.93. The number of aromatic nitrogens is 2. The molecule has 60 valence electrons. The third-order valence-electron chi connectivity index (χ3n) is 1.54. The van der Waals surface area contributed by atoms with E-state index in [1.54, 1.807) is 6.33 Å². The molecule has 2 nitrogen and oxygen atoms in total. The van der Waals surface area contributed by atoms with E-state index in [1.165, 1.54) is 0 Å². The summed E-state index contributed by atoms with van der Waals surface area (Å²) in [5, 5.41) is 0. The van der Waals surface area contributed by atoms with Crippen LogP contribution in [-0.2, 0) is 0 Å². The lowest BCUT2D eigenvalue weighted by molar-refractivity contribution is 0.800. The predicted octanol–water partition coefficient (Wildman–Crippen LogP) is 2.67. The van der Waals surface area contributed by atoms with Crippen LogP contribution in [0.3, 0.4) is 0 Å². The Balaban J connectivity index is 3.17. The fourth-order valence-electron chi connectivity index (χ4n) is 0.879. The van der Waals surface area contributed by atoms with Crippen LogP contribution in [0.1, 0.15) is 31.2 Å². The summed E-state index contributed by atoms with van der Waals surface area (Å²) in [6, 6.07) is 0. The first-order valence-corrected chi connectivity index (χ1v) is 4.39. The molecule has 0 saturated carbocycles. The normalized spacial score (nSPS) is 10.6. The van der Waals surface area contributed by atoms with Crippen molar-refractivity contribution in [2.75, 3.05) is 0 Å². The predicted molar refractivity (Wildman–Crippen MR) is 48.6 cm³/mol. The van der Waals surface area contributed by atoms with E-state index < -0.39 is 0 Å². The molecule has 0 fully saturated rings. The van der Waals surface area contributed by atoms with Crippen LogP contribution in [0.2, 0.25) is 0 Å². The molecule has 0 saturated heterocycles. The molecule has 0 aliphatic carbocycles. The maximum Gasteiger partial charge on any atom is 0.116 e. The van der Waals surface area contributed by atoms with Crippen LogP contribution in [0.4, 0.5) is 0 Å². The third-order valence-corrected chi connectivity index (χ3v) is 2.52. The van der Waals surface area contributed by atoms with Gasteiger partial charge in [-0.3, -0.25) is 0 Å². The second-order valence-corrected chi connectivity index (χ2v) is 3.61. The molecule has 1 heterocycles. The summed E-state index contributed by atoms with van der Waals surface area (Å²) >= 11 is 3.46. The molecule has 3 heteroatoms. The minimum atomic E-state index is 0.450. The Bertz CT molecular complexity index is 258. The minimum absolute atomic E-state index is 0.450. The van der Waals surface area contributed by atoms with E-state index in [9.17, 15) is 0 Å². The maximum atomic E-state index is 4.18. The van der Waals surface area contributed by atoms with Gasteiger partial charge in [0, 0.05) is 0 Å². The van der Waals surface area contributed by atoms with Crippen LogP contribution in [0.25, 0.3) is 0 Å². The average molecular weight is 215 g/mol. The highest BCUT2D eigenvalue weighted by Crippen LogP contribution is 2.23. The van der Waals surface area contributed by atoms with Crippen molar-refractivity contribution in [2.24, 2.45) is 0 Å². The number of nitrogens with zero attached hydrogens (tertiary/aromatic N) is 2. The third kappa shape index (κ3) is 1.77. The van der Waals surface area contributed by atoms with Crippen molar-refractivity contribution in [1.29, 1.82) is 0 Å². The molecule has 0 radical (unpaired) electrons. The minimum Gasteiger partial charge on any atom is -0.240 e. The number of rotatable bonds is 1. The van der Waals surface area contributed by atoms with Crippen molar-refractivity contribution in [3.8, 4) is 0 Å². The lowest BCUT2D eigenvalue weighted by Gasteiger charge is -2.07. The molecule has 0 aromatic carbocycles. The van der Waals surface area contributed by atoms with Crippen LogP contribution in [-0.4, -0.2) is 9.97 Å². The van der Waals surface area contributed by atoms with Gasteiger partial charge in [-0.2, -0.15) is 0 Å². The summed E-state index contributed by atoms with van der Waals surface area (Å²) in [5.41, 5.74) is 2.08. The average Bonchev–Trinajstić information content (AvgIpc) is 1.94. The summed E-state index contributed by atoms with van der Waals surface area (Å²) < 4.78 is 1.04. The first-order chi connectivity index (χ1) is 5.13. The second-order valence-electron chi connectivity index (χ2n) is 2.81. The van der Waals surface area contributed by atoms with Crippen molar-refractivity contribution >= 4 is 15.9 Å². The molecule has 0 amide bonds. The Labute approximate surface area is 75.2 Å². The highest BCUT2D eigenvalue weighted by atomic mass is 79.9. The van der Waals surface area contributed by atoms with Crippen molar-refractivity contribution in [2.45, 2.75) is 26.7 Å². The van der Waals surface area contributed by atoms with E-state index in [1.807, 2.05) is 6.92 Å². The van der Waals surface area contributed by atoms with Gasteiger partial charge in [0.15, 0.2) is 0 Å².